The molecule has 0 aromatic carbocycles. The Kier molecular flexibility index (Phi) is 17.4. The van der Waals surface area contributed by atoms with Crippen LogP contribution < -0.4 is 5.32 Å². The normalized spacial score (nSPS) is 14.3. The predicted molar refractivity (Wildman–Crippen MR) is 132 cm³/mol. The third-order valence-electron chi connectivity index (χ3n) is 4.38. The first-order chi connectivity index (χ1) is 15.4. The van der Waals surface area contributed by atoms with Crippen molar-refractivity contribution in [1.29, 1.82) is 0 Å². The Bertz CT molecular complexity index is 721. The minimum Gasteiger partial charge on any atom is -0.499 e. The second kappa shape index (κ2) is 19.0. The summed E-state index contributed by atoms with van der Waals surface area (Å²) in [6.07, 6.45) is 9.23. The molecule has 8 heteroatoms. The van der Waals surface area contributed by atoms with Gasteiger partial charge in [-0.3, -0.25) is 4.99 Å². The van der Waals surface area contributed by atoms with E-state index in [4.69, 9.17) is 14.2 Å². The Labute approximate surface area is 192 Å². The second-order valence-corrected chi connectivity index (χ2v) is 6.57. The molecule has 0 bridgehead atoms. The number of ether oxygens (including phenoxy) is 3. The molecule has 0 heterocycles. The van der Waals surface area contributed by atoms with Crippen LogP contribution >= 0.6 is 0 Å². The Hall–Kier alpha value is -2.71. The number of hydrogen-bond acceptors (Lipinski definition) is 6. The summed E-state index contributed by atoms with van der Waals surface area (Å²) in [5, 5.41) is 2.87. The monoisotopic (exact) mass is 450 g/mol. The van der Waals surface area contributed by atoms with E-state index in [9.17, 15) is 4.39 Å². The minimum absolute atomic E-state index is 0.231. The molecule has 0 saturated heterocycles. The van der Waals surface area contributed by atoms with E-state index in [1.165, 1.54) is 18.7 Å². The third-order valence-corrected chi connectivity index (χ3v) is 4.38. The van der Waals surface area contributed by atoms with Crippen molar-refractivity contribution in [3.8, 4) is 0 Å². The van der Waals surface area contributed by atoms with E-state index in [0.717, 1.165) is 19.6 Å². The highest BCUT2D eigenvalue weighted by Crippen LogP contribution is 2.10. The van der Waals surface area contributed by atoms with E-state index in [2.05, 4.69) is 40.6 Å². The highest BCUT2D eigenvalue weighted by atomic mass is 19.1. The molecule has 1 N–H and O–H groups in total. The number of hydrogen-bond donors (Lipinski definition) is 1. The molecule has 180 valence electrons. The van der Waals surface area contributed by atoms with Gasteiger partial charge >= 0.3 is 0 Å². The van der Waals surface area contributed by atoms with Crippen molar-refractivity contribution in [2.75, 3.05) is 60.7 Å². The molecule has 0 unspecified atom stereocenters. The molecule has 0 spiro atoms. The fraction of sp³-hybridized carbons (Fsp3) is 0.500. The van der Waals surface area contributed by atoms with Crippen LogP contribution in [0.5, 0.6) is 0 Å². The van der Waals surface area contributed by atoms with Crippen LogP contribution in [0.15, 0.2) is 70.0 Å². The molecule has 0 aliphatic rings. The van der Waals surface area contributed by atoms with Crippen LogP contribution in [0.4, 0.5) is 4.39 Å². The number of allylic oxidation sites excluding steroid dienone is 5. The Morgan fingerprint density at radius 2 is 1.91 bits per heavy atom. The van der Waals surface area contributed by atoms with Gasteiger partial charge in [0, 0.05) is 37.6 Å². The molecular formula is C24H39FN4O3. The lowest BCUT2D eigenvalue weighted by Crippen LogP contribution is -2.27. The Balaban J connectivity index is 5.31. The van der Waals surface area contributed by atoms with E-state index >= 15 is 0 Å². The molecule has 0 aliphatic carbocycles. The molecule has 0 saturated carbocycles. The lowest BCUT2D eigenvalue weighted by molar-refractivity contribution is 0.0941. The largest absolute Gasteiger partial charge is 0.499 e. The fourth-order valence-corrected chi connectivity index (χ4v) is 2.43. The average Bonchev–Trinajstić information content (AvgIpc) is 2.80. The quantitative estimate of drug-likeness (QED) is 0.119. The predicted octanol–water partition coefficient (Wildman–Crippen LogP) is 4.04. The maximum absolute atomic E-state index is 14.2. The first-order valence-corrected chi connectivity index (χ1v) is 10.6. The third kappa shape index (κ3) is 13.6. The van der Waals surface area contributed by atoms with Gasteiger partial charge in [0.25, 0.3) is 0 Å². The van der Waals surface area contributed by atoms with Crippen molar-refractivity contribution in [1.82, 2.24) is 10.2 Å². The van der Waals surface area contributed by atoms with Gasteiger partial charge in [-0.1, -0.05) is 26.5 Å². The highest BCUT2D eigenvalue weighted by Gasteiger charge is 2.06. The number of likely N-dealkylation sites (N-methyl/N-ethyl adjacent to an activating group) is 2. The van der Waals surface area contributed by atoms with Gasteiger partial charge in [-0.05, 0) is 38.2 Å². The SMILES string of the molecule is C=C/C=C(\C=C(\F)CO/C=C(\C=C(/COCCN(CC)CC)OC)C(C)=NC=NC)NC. The van der Waals surface area contributed by atoms with Crippen LogP contribution in [-0.2, 0) is 14.2 Å². The van der Waals surface area contributed by atoms with E-state index in [1.54, 1.807) is 46.4 Å². The van der Waals surface area contributed by atoms with Crippen LogP contribution in [0.25, 0.3) is 0 Å². The molecule has 0 rings (SSSR count). The van der Waals surface area contributed by atoms with E-state index < -0.39 is 5.83 Å². The molecule has 32 heavy (non-hydrogen) atoms. The number of rotatable bonds is 17. The summed E-state index contributed by atoms with van der Waals surface area (Å²) in [4.78, 5) is 10.4. The molecule has 7 nitrogen and oxygen atoms in total. The zero-order valence-electron chi connectivity index (χ0n) is 20.4. The lowest BCUT2D eigenvalue weighted by Gasteiger charge is -2.18. The van der Waals surface area contributed by atoms with Gasteiger partial charge in [0.2, 0.25) is 0 Å². The zero-order chi connectivity index (χ0) is 24.2. The van der Waals surface area contributed by atoms with Crippen LogP contribution in [0.2, 0.25) is 0 Å². The topological polar surface area (TPSA) is 67.7 Å². The van der Waals surface area contributed by atoms with Crippen LogP contribution in [0.1, 0.15) is 20.8 Å². The van der Waals surface area contributed by atoms with Gasteiger partial charge in [-0.15, -0.1) is 0 Å². The summed E-state index contributed by atoms with van der Waals surface area (Å²) in [6.45, 7) is 13.1. The molecule has 0 radical (unpaired) electrons. The lowest BCUT2D eigenvalue weighted by atomic mass is 10.1. The van der Waals surface area contributed by atoms with E-state index in [0.29, 0.717) is 36.0 Å². The molecular weight excluding hydrogens is 411 g/mol. The van der Waals surface area contributed by atoms with Gasteiger partial charge in [-0.25, -0.2) is 9.38 Å². The van der Waals surface area contributed by atoms with Crippen LogP contribution in [0, 0.1) is 0 Å². The summed E-state index contributed by atoms with van der Waals surface area (Å²) in [5.74, 6) is 0.160. The zero-order valence-corrected chi connectivity index (χ0v) is 20.4. The van der Waals surface area contributed by atoms with Crippen molar-refractivity contribution in [2.24, 2.45) is 9.98 Å². The van der Waals surface area contributed by atoms with Gasteiger partial charge in [-0.2, -0.15) is 0 Å². The second-order valence-electron chi connectivity index (χ2n) is 6.57. The first-order valence-electron chi connectivity index (χ1n) is 10.6. The van der Waals surface area contributed by atoms with Crippen molar-refractivity contribution >= 4 is 12.1 Å². The van der Waals surface area contributed by atoms with Gasteiger partial charge in [0.1, 0.15) is 31.1 Å². The van der Waals surface area contributed by atoms with Crippen molar-refractivity contribution < 1.29 is 18.6 Å². The summed E-state index contributed by atoms with van der Waals surface area (Å²) in [6, 6.07) is 0. The first kappa shape index (κ1) is 29.3. The molecule has 0 amide bonds. The molecule has 0 aliphatic heterocycles. The summed E-state index contributed by atoms with van der Waals surface area (Å²) in [7, 11) is 4.91. The Morgan fingerprint density at radius 1 is 1.19 bits per heavy atom. The van der Waals surface area contributed by atoms with Gasteiger partial charge in [0.15, 0.2) is 0 Å². The fourth-order valence-electron chi connectivity index (χ4n) is 2.43. The summed E-state index contributed by atoms with van der Waals surface area (Å²) in [5.41, 5.74) is 1.85. The van der Waals surface area contributed by atoms with Gasteiger partial charge < -0.3 is 24.4 Å². The van der Waals surface area contributed by atoms with Crippen molar-refractivity contribution in [3.05, 3.63) is 60.0 Å². The smallest absolute Gasteiger partial charge is 0.139 e. The van der Waals surface area contributed by atoms with E-state index in [1.807, 2.05) is 0 Å². The van der Waals surface area contributed by atoms with Crippen molar-refractivity contribution in [3.63, 3.8) is 0 Å². The number of halogens is 1. The number of nitrogens with one attached hydrogen (secondary N) is 1. The van der Waals surface area contributed by atoms with Crippen molar-refractivity contribution in [2.45, 2.75) is 20.8 Å². The maximum Gasteiger partial charge on any atom is 0.139 e. The van der Waals surface area contributed by atoms with E-state index in [-0.39, 0.29) is 6.61 Å². The highest BCUT2D eigenvalue weighted by molar-refractivity contribution is 6.03. The standard InChI is InChI=1S/C24H39FN4O3/c1-8-11-23(27-6)15-22(25)17-32-16-21(20(4)28-19-26-5)14-24(30-7)18-31-13-12-29(9-2)10-3/h8,11,14-16,19,27H,1,9-10,12-13,17-18H2,2-7H3/b21-16+,22-15+,23-11+,24-14+,26-19?,28-20?. The number of nitrogens with zero attached hydrogens (tertiary/aromatic N) is 3. The molecule has 0 aromatic rings. The average molecular weight is 451 g/mol. The number of aliphatic imine (C=N–C) groups is 2. The number of methoxy groups -OCH3 is 1. The molecule has 0 aromatic heterocycles. The van der Waals surface area contributed by atoms with Crippen LogP contribution in [0.3, 0.4) is 0 Å². The maximum atomic E-state index is 14.2. The molecule has 0 atom stereocenters. The minimum atomic E-state index is -0.441. The summed E-state index contributed by atoms with van der Waals surface area (Å²) >= 11 is 0. The molecule has 0 fully saturated rings. The summed E-state index contributed by atoms with van der Waals surface area (Å²) < 4.78 is 30.8. The Morgan fingerprint density at radius 3 is 2.47 bits per heavy atom. The van der Waals surface area contributed by atoms with Crippen LogP contribution in [-0.4, -0.2) is 77.6 Å². The van der Waals surface area contributed by atoms with Gasteiger partial charge in [0.05, 0.1) is 20.0 Å².